The zero-order valence-electron chi connectivity index (χ0n) is 8.53. The lowest BCUT2D eigenvalue weighted by atomic mass is 10.4. The lowest BCUT2D eigenvalue weighted by Gasteiger charge is -2.13. The topological polar surface area (TPSA) is 33.5 Å². The highest BCUT2D eigenvalue weighted by Crippen LogP contribution is 2.08. The number of thioether (sulfide) groups is 1. The van der Waals surface area contributed by atoms with E-state index in [1.54, 1.807) is 6.07 Å². The van der Waals surface area contributed by atoms with Crippen molar-refractivity contribution < 1.29 is 9.21 Å². The quantitative estimate of drug-likeness (QED) is 0.676. The van der Waals surface area contributed by atoms with Crippen molar-refractivity contribution in [3.63, 3.8) is 0 Å². The first kappa shape index (κ1) is 11.3. The molecule has 1 rings (SSSR count). The zero-order valence-corrected chi connectivity index (χ0v) is 9.34. The second-order valence-electron chi connectivity index (χ2n) is 3.15. The van der Waals surface area contributed by atoms with Crippen LogP contribution in [0.25, 0.3) is 0 Å². The number of hydrogen-bond donors (Lipinski definition) is 0. The lowest BCUT2D eigenvalue weighted by Crippen LogP contribution is -2.20. The Bertz CT molecular complexity index is 285. The van der Waals surface area contributed by atoms with Gasteiger partial charge >= 0.3 is 0 Å². The van der Waals surface area contributed by atoms with Gasteiger partial charge < -0.3 is 4.42 Å². The van der Waals surface area contributed by atoms with Gasteiger partial charge in [0.25, 0.3) is 0 Å². The molecular formula is C10H15NO2S. The van der Waals surface area contributed by atoms with Crippen LogP contribution in [0.1, 0.15) is 16.3 Å². The highest BCUT2D eigenvalue weighted by molar-refractivity contribution is 7.98. The van der Waals surface area contributed by atoms with E-state index in [-0.39, 0.29) is 0 Å². The number of carbonyl (C=O) groups excluding carboxylic acids is 1. The van der Waals surface area contributed by atoms with Crippen molar-refractivity contribution >= 4 is 18.0 Å². The molecule has 78 valence electrons. The molecule has 0 aliphatic heterocycles. The van der Waals surface area contributed by atoms with Crippen LogP contribution in [0.4, 0.5) is 0 Å². The SMILES string of the molecule is CSCCN(C)Cc1ccc(C=O)o1. The first-order valence-electron chi connectivity index (χ1n) is 4.47. The first-order valence-corrected chi connectivity index (χ1v) is 5.87. The summed E-state index contributed by atoms with van der Waals surface area (Å²) in [6, 6.07) is 3.55. The Morgan fingerprint density at radius 2 is 2.36 bits per heavy atom. The molecule has 0 N–H and O–H groups in total. The summed E-state index contributed by atoms with van der Waals surface area (Å²) in [6.45, 7) is 1.78. The second kappa shape index (κ2) is 5.88. The fourth-order valence-electron chi connectivity index (χ4n) is 1.14. The average molecular weight is 213 g/mol. The number of nitrogens with zero attached hydrogens (tertiary/aromatic N) is 1. The molecule has 0 saturated carbocycles. The van der Waals surface area contributed by atoms with E-state index in [0.717, 1.165) is 30.9 Å². The Morgan fingerprint density at radius 1 is 1.57 bits per heavy atom. The van der Waals surface area contributed by atoms with Crippen molar-refractivity contribution in [1.29, 1.82) is 0 Å². The number of carbonyl (C=O) groups is 1. The maximum atomic E-state index is 10.4. The molecule has 1 aromatic heterocycles. The smallest absolute Gasteiger partial charge is 0.185 e. The van der Waals surface area contributed by atoms with Crippen LogP contribution in [-0.2, 0) is 6.54 Å². The van der Waals surface area contributed by atoms with Crippen LogP contribution in [0.5, 0.6) is 0 Å². The summed E-state index contributed by atoms with van der Waals surface area (Å²) in [7, 11) is 2.04. The van der Waals surface area contributed by atoms with Crippen molar-refractivity contribution in [3.05, 3.63) is 23.7 Å². The van der Waals surface area contributed by atoms with Gasteiger partial charge in [-0.2, -0.15) is 11.8 Å². The number of furan rings is 1. The van der Waals surface area contributed by atoms with Crippen molar-refractivity contribution in [1.82, 2.24) is 4.90 Å². The Hall–Kier alpha value is -0.740. The Balaban J connectivity index is 2.39. The van der Waals surface area contributed by atoms with Crippen LogP contribution in [-0.4, -0.2) is 36.8 Å². The molecule has 0 aliphatic carbocycles. The summed E-state index contributed by atoms with van der Waals surface area (Å²) in [5.74, 6) is 2.35. The molecule has 0 bridgehead atoms. The average Bonchev–Trinajstić information content (AvgIpc) is 2.62. The fraction of sp³-hybridized carbons (Fsp3) is 0.500. The van der Waals surface area contributed by atoms with Gasteiger partial charge in [0, 0.05) is 12.3 Å². The van der Waals surface area contributed by atoms with Crippen molar-refractivity contribution in [2.24, 2.45) is 0 Å². The minimum Gasteiger partial charge on any atom is -0.457 e. The second-order valence-corrected chi connectivity index (χ2v) is 4.14. The maximum Gasteiger partial charge on any atom is 0.185 e. The van der Waals surface area contributed by atoms with Gasteiger partial charge in [0.15, 0.2) is 12.0 Å². The van der Waals surface area contributed by atoms with Crippen LogP contribution < -0.4 is 0 Å². The van der Waals surface area contributed by atoms with Gasteiger partial charge in [0.05, 0.1) is 6.54 Å². The Labute approximate surface area is 88.5 Å². The standard InChI is InChI=1S/C10H15NO2S/c1-11(5-6-14-2)7-9-3-4-10(8-12)13-9/h3-4,8H,5-7H2,1-2H3. The normalized spacial score (nSPS) is 10.8. The monoisotopic (exact) mass is 213 g/mol. The summed E-state index contributed by atoms with van der Waals surface area (Å²) in [4.78, 5) is 12.5. The molecule has 0 atom stereocenters. The fourth-order valence-corrected chi connectivity index (χ4v) is 1.63. The summed E-state index contributed by atoms with van der Waals surface area (Å²) in [6.07, 6.45) is 2.82. The minimum atomic E-state index is 0.401. The van der Waals surface area contributed by atoms with E-state index in [4.69, 9.17) is 4.42 Å². The highest BCUT2D eigenvalue weighted by atomic mass is 32.2. The van der Waals surface area contributed by atoms with E-state index in [1.165, 1.54) is 0 Å². The van der Waals surface area contributed by atoms with Gasteiger partial charge in [0.2, 0.25) is 0 Å². The molecule has 0 saturated heterocycles. The molecular weight excluding hydrogens is 198 g/mol. The van der Waals surface area contributed by atoms with Gasteiger partial charge in [-0.3, -0.25) is 9.69 Å². The Morgan fingerprint density at radius 3 is 2.93 bits per heavy atom. The van der Waals surface area contributed by atoms with Crippen LogP contribution in [0, 0.1) is 0 Å². The molecule has 0 amide bonds. The van der Waals surface area contributed by atoms with Gasteiger partial charge in [-0.1, -0.05) is 0 Å². The summed E-state index contributed by atoms with van der Waals surface area (Å²) in [5, 5.41) is 0. The third kappa shape index (κ3) is 3.55. The largest absolute Gasteiger partial charge is 0.457 e. The van der Waals surface area contributed by atoms with Gasteiger partial charge in [-0.15, -0.1) is 0 Å². The molecule has 1 heterocycles. The predicted octanol–water partition coefficient (Wildman–Crippen LogP) is 1.89. The molecule has 3 nitrogen and oxygen atoms in total. The van der Waals surface area contributed by atoms with E-state index in [1.807, 2.05) is 24.9 Å². The molecule has 0 aromatic carbocycles. The summed E-state index contributed by atoms with van der Waals surface area (Å²) in [5.41, 5.74) is 0. The number of aldehydes is 1. The number of hydrogen-bond acceptors (Lipinski definition) is 4. The highest BCUT2D eigenvalue weighted by Gasteiger charge is 2.04. The van der Waals surface area contributed by atoms with Crippen molar-refractivity contribution in [2.75, 3.05) is 25.6 Å². The van der Waals surface area contributed by atoms with Crippen LogP contribution in [0.15, 0.2) is 16.5 Å². The molecule has 0 fully saturated rings. The third-order valence-corrected chi connectivity index (χ3v) is 2.49. The van der Waals surface area contributed by atoms with E-state index in [2.05, 4.69) is 11.2 Å². The number of rotatable bonds is 6. The van der Waals surface area contributed by atoms with E-state index in [0.29, 0.717) is 5.76 Å². The maximum absolute atomic E-state index is 10.4. The van der Waals surface area contributed by atoms with Crippen LogP contribution in [0.2, 0.25) is 0 Å². The van der Waals surface area contributed by atoms with Gasteiger partial charge in [-0.05, 0) is 25.4 Å². The molecule has 0 unspecified atom stereocenters. The molecule has 14 heavy (non-hydrogen) atoms. The zero-order chi connectivity index (χ0) is 10.4. The summed E-state index contributed by atoms with van der Waals surface area (Å²) >= 11 is 1.82. The molecule has 0 aliphatic rings. The van der Waals surface area contributed by atoms with E-state index in [9.17, 15) is 4.79 Å². The van der Waals surface area contributed by atoms with Crippen LogP contribution in [0.3, 0.4) is 0 Å². The third-order valence-electron chi connectivity index (χ3n) is 1.90. The summed E-state index contributed by atoms with van der Waals surface area (Å²) < 4.78 is 5.27. The molecule has 0 spiro atoms. The minimum absolute atomic E-state index is 0.401. The van der Waals surface area contributed by atoms with E-state index >= 15 is 0 Å². The van der Waals surface area contributed by atoms with Crippen molar-refractivity contribution in [3.8, 4) is 0 Å². The first-order chi connectivity index (χ1) is 6.76. The van der Waals surface area contributed by atoms with Gasteiger partial charge in [-0.25, -0.2) is 0 Å². The molecule has 1 aromatic rings. The Kier molecular flexibility index (Phi) is 4.76. The van der Waals surface area contributed by atoms with Crippen molar-refractivity contribution in [2.45, 2.75) is 6.54 Å². The lowest BCUT2D eigenvalue weighted by molar-refractivity contribution is 0.109. The molecule has 4 heteroatoms. The van der Waals surface area contributed by atoms with Crippen LogP contribution >= 0.6 is 11.8 Å². The van der Waals surface area contributed by atoms with E-state index < -0.39 is 0 Å². The van der Waals surface area contributed by atoms with Gasteiger partial charge in [0.1, 0.15) is 5.76 Å². The molecule has 0 radical (unpaired) electrons. The predicted molar refractivity (Wildman–Crippen MR) is 58.8 cm³/mol.